The molecular formula is C17H22ClNO4. The van der Waals surface area contributed by atoms with Crippen LogP contribution in [0.25, 0.3) is 0 Å². The highest BCUT2D eigenvalue weighted by molar-refractivity contribution is 6.30. The van der Waals surface area contributed by atoms with Crippen molar-refractivity contribution < 1.29 is 19.4 Å². The molecule has 0 aromatic heterocycles. The third-order valence-electron chi connectivity index (χ3n) is 4.50. The van der Waals surface area contributed by atoms with E-state index in [-0.39, 0.29) is 18.9 Å². The van der Waals surface area contributed by atoms with E-state index in [1.54, 1.807) is 12.1 Å². The first-order valence-corrected chi connectivity index (χ1v) is 8.16. The van der Waals surface area contributed by atoms with Crippen LogP contribution >= 0.6 is 11.6 Å². The highest BCUT2D eigenvalue weighted by Crippen LogP contribution is 2.41. The van der Waals surface area contributed by atoms with E-state index in [4.69, 9.17) is 16.3 Å². The molecule has 5 nitrogen and oxygen atoms in total. The average molecular weight is 340 g/mol. The molecule has 1 fully saturated rings. The number of hydrogen-bond acceptors (Lipinski definition) is 3. The van der Waals surface area contributed by atoms with Crippen molar-refractivity contribution in [3.63, 3.8) is 0 Å². The van der Waals surface area contributed by atoms with Gasteiger partial charge < -0.3 is 15.2 Å². The molecule has 1 aromatic carbocycles. The molecular weight excluding hydrogens is 318 g/mol. The normalized spacial score (nSPS) is 17.7. The monoisotopic (exact) mass is 339 g/mol. The van der Waals surface area contributed by atoms with Crippen LogP contribution in [0, 0.1) is 0 Å². The van der Waals surface area contributed by atoms with Gasteiger partial charge in [0, 0.05) is 25.2 Å². The number of carbonyl (C=O) groups is 2. The summed E-state index contributed by atoms with van der Waals surface area (Å²) in [6.45, 7) is 0.283. The third-order valence-corrected chi connectivity index (χ3v) is 4.75. The number of methoxy groups -OCH3 is 1. The van der Waals surface area contributed by atoms with Gasteiger partial charge in [0.15, 0.2) is 0 Å². The average Bonchev–Trinajstić information content (AvgIpc) is 3.02. The van der Waals surface area contributed by atoms with Crippen molar-refractivity contribution in [2.45, 2.75) is 43.6 Å². The molecule has 0 aliphatic heterocycles. The largest absolute Gasteiger partial charge is 0.480 e. The Morgan fingerprint density at radius 3 is 2.43 bits per heavy atom. The summed E-state index contributed by atoms with van der Waals surface area (Å²) in [5.41, 5.74) is 0.235. The minimum atomic E-state index is -1.04. The van der Waals surface area contributed by atoms with Crippen molar-refractivity contribution in [1.82, 2.24) is 5.32 Å². The van der Waals surface area contributed by atoms with E-state index in [2.05, 4.69) is 5.32 Å². The van der Waals surface area contributed by atoms with Crippen molar-refractivity contribution in [3.05, 3.63) is 34.9 Å². The van der Waals surface area contributed by atoms with Crippen LogP contribution in [0.5, 0.6) is 0 Å². The molecule has 0 saturated heterocycles. The van der Waals surface area contributed by atoms with Crippen molar-refractivity contribution >= 4 is 23.5 Å². The second-order valence-electron chi connectivity index (χ2n) is 5.94. The lowest BCUT2D eigenvalue weighted by atomic mass is 9.77. The molecule has 1 atom stereocenters. The summed E-state index contributed by atoms with van der Waals surface area (Å²) in [4.78, 5) is 24.2. The minimum absolute atomic E-state index is 0.221. The molecule has 0 heterocycles. The van der Waals surface area contributed by atoms with Crippen LogP contribution in [0.3, 0.4) is 0 Å². The van der Waals surface area contributed by atoms with E-state index in [9.17, 15) is 14.7 Å². The maximum absolute atomic E-state index is 12.9. The number of nitrogens with one attached hydrogen (secondary N) is 1. The molecule has 0 radical (unpaired) electrons. The quantitative estimate of drug-likeness (QED) is 0.801. The number of ether oxygens (including phenoxy) is 1. The van der Waals surface area contributed by atoms with Crippen LogP contribution < -0.4 is 5.32 Å². The number of halogens is 1. The lowest BCUT2D eigenvalue weighted by Crippen LogP contribution is -2.50. The number of aliphatic carboxylic acids is 1. The smallest absolute Gasteiger partial charge is 0.326 e. The fourth-order valence-electron chi connectivity index (χ4n) is 3.18. The lowest BCUT2D eigenvalue weighted by Gasteiger charge is -2.30. The van der Waals surface area contributed by atoms with E-state index in [0.29, 0.717) is 5.02 Å². The van der Waals surface area contributed by atoms with E-state index in [0.717, 1.165) is 31.2 Å². The fourth-order valence-corrected chi connectivity index (χ4v) is 3.31. The number of carboxylic acid groups (broad SMARTS) is 1. The number of benzene rings is 1. The number of carbonyl (C=O) groups excluding carboxylic acids is 1. The molecule has 23 heavy (non-hydrogen) atoms. The Morgan fingerprint density at radius 1 is 1.30 bits per heavy atom. The molecule has 1 aromatic rings. The molecule has 2 N–H and O–H groups in total. The molecule has 1 saturated carbocycles. The molecule has 0 spiro atoms. The van der Waals surface area contributed by atoms with Gasteiger partial charge in [0.05, 0.1) is 5.41 Å². The lowest BCUT2D eigenvalue weighted by molar-refractivity contribution is -0.143. The zero-order valence-electron chi connectivity index (χ0n) is 13.2. The van der Waals surface area contributed by atoms with Crippen molar-refractivity contribution in [2.75, 3.05) is 13.7 Å². The molecule has 1 aliphatic rings. The van der Waals surface area contributed by atoms with Crippen LogP contribution in [0.15, 0.2) is 24.3 Å². The van der Waals surface area contributed by atoms with Gasteiger partial charge in [-0.2, -0.15) is 0 Å². The topological polar surface area (TPSA) is 75.6 Å². The van der Waals surface area contributed by atoms with Gasteiger partial charge in [0.1, 0.15) is 6.04 Å². The predicted molar refractivity (Wildman–Crippen MR) is 87.7 cm³/mol. The van der Waals surface area contributed by atoms with Gasteiger partial charge in [0.25, 0.3) is 0 Å². The van der Waals surface area contributed by atoms with Crippen LogP contribution in [-0.4, -0.2) is 36.7 Å². The third kappa shape index (κ3) is 4.03. The van der Waals surface area contributed by atoms with Crippen LogP contribution in [0.4, 0.5) is 0 Å². The first-order valence-electron chi connectivity index (χ1n) is 7.78. The number of carboxylic acids is 1. The summed E-state index contributed by atoms with van der Waals surface area (Å²) in [6.07, 6.45) is 3.58. The number of amides is 1. The number of hydrogen-bond donors (Lipinski definition) is 2. The van der Waals surface area contributed by atoms with E-state index in [1.165, 1.54) is 7.11 Å². The summed E-state index contributed by atoms with van der Waals surface area (Å²) in [7, 11) is 1.51. The van der Waals surface area contributed by atoms with Gasteiger partial charge in [-0.1, -0.05) is 36.6 Å². The first kappa shape index (κ1) is 17.8. The van der Waals surface area contributed by atoms with Crippen molar-refractivity contribution in [2.24, 2.45) is 0 Å². The van der Waals surface area contributed by atoms with Crippen molar-refractivity contribution in [1.29, 1.82) is 0 Å². The maximum Gasteiger partial charge on any atom is 0.326 e. The van der Waals surface area contributed by atoms with Gasteiger partial charge in [-0.25, -0.2) is 4.79 Å². The van der Waals surface area contributed by atoms with Gasteiger partial charge in [-0.3, -0.25) is 4.79 Å². The predicted octanol–water partition coefficient (Wildman–Crippen LogP) is 2.76. The van der Waals surface area contributed by atoms with Crippen LogP contribution in [-0.2, 0) is 19.7 Å². The van der Waals surface area contributed by atoms with E-state index < -0.39 is 17.4 Å². The second-order valence-corrected chi connectivity index (χ2v) is 6.38. The fraction of sp³-hybridized carbons (Fsp3) is 0.529. The maximum atomic E-state index is 12.9. The highest BCUT2D eigenvalue weighted by Gasteiger charge is 2.43. The Bertz CT molecular complexity index is 552. The van der Waals surface area contributed by atoms with Crippen LogP contribution in [0.2, 0.25) is 5.02 Å². The molecule has 0 bridgehead atoms. The second kappa shape index (κ2) is 7.79. The van der Waals surface area contributed by atoms with Gasteiger partial charge in [-0.05, 0) is 30.5 Å². The summed E-state index contributed by atoms with van der Waals surface area (Å²) in [5, 5.41) is 12.6. The molecule has 6 heteroatoms. The van der Waals surface area contributed by atoms with Crippen LogP contribution in [0.1, 0.15) is 37.7 Å². The standard InChI is InChI=1S/C17H22ClNO4/c1-23-11-8-14(15(20)21)19-16(22)17(9-2-3-10-17)12-4-6-13(18)7-5-12/h4-7,14H,2-3,8-11H2,1H3,(H,19,22)(H,20,21). The molecule has 126 valence electrons. The van der Waals surface area contributed by atoms with Gasteiger partial charge >= 0.3 is 5.97 Å². The molecule has 1 aliphatic carbocycles. The Labute approximate surface area is 141 Å². The molecule has 1 amide bonds. The Balaban J connectivity index is 2.21. The zero-order chi connectivity index (χ0) is 16.9. The Hall–Kier alpha value is -1.59. The summed E-state index contributed by atoms with van der Waals surface area (Å²) in [5.74, 6) is -1.26. The minimum Gasteiger partial charge on any atom is -0.480 e. The van der Waals surface area contributed by atoms with E-state index >= 15 is 0 Å². The number of rotatable bonds is 7. The summed E-state index contributed by atoms with van der Waals surface area (Å²) >= 11 is 5.93. The van der Waals surface area contributed by atoms with E-state index in [1.807, 2.05) is 12.1 Å². The SMILES string of the molecule is COCCC(NC(=O)C1(c2ccc(Cl)cc2)CCCC1)C(=O)O. The first-order chi connectivity index (χ1) is 11.0. The van der Waals surface area contributed by atoms with Crippen molar-refractivity contribution in [3.8, 4) is 0 Å². The van der Waals surface area contributed by atoms with Gasteiger partial charge in [0.2, 0.25) is 5.91 Å². The molecule has 1 unspecified atom stereocenters. The highest BCUT2D eigenvalue weighted by atomic mass is 35.5. The summed E-state index contributed by atoms with van der Waals surface area (Å²) in [6, 6.07) is 6.32. The molecule has 2 rings (SSSR count). The zero-order valence-corrected chi connectivity index (χ0v) is 13.9. The Kier molecular flexibility index (Phi) is 6.02. The summed E-state index contributed by atoms with van der Waals surface area (Å²) < 4.78 is 4.92. The van der Waals surface area contributed by atoms with Gasteiger partial charge in [-0.15, -0.1) is 0 Å². The Morgan fingerprint density at radius 2 is 1.91 bits per heavy atom.